The van der Waals surface area contributed by atoms with Crippen LogP contribution in [-0.4, -0.2) is 41.3 Å². The molecule has 1 heterocycles. The molecule has 0 radical (unpaired) electrons. The molecule has 0 amide bonds. The van der Waals surface area contributed by atoms with Crippen LogP contribution in [-0.2, 0) is 0 Å². The Balaban J connectivity index is 2.71. The van der Waals surface area contributed by atoms with E-state index in [4.69, 9.17) is 5.11 Å². The average molecular weight is 224 g/mol. The lowest BCUT2D eigenvalue weighted by Gasteiger charge is -2.20. The van der Waals surface area contributed by atoms with E-state index < -0.39 is 0 Å². The highest BCUT2D eigenvalue weighted by Crippen LogP contribution is 2.11. The minimum Gasteiger partial charge on any atom is -0.395 e. The Morgan fingerprint density at radius 1 is 1.44 bits per heavy atom. The number of aliphatic hydroxyl groups is 1. The molecule has 0 saturated heterocycles. The SMILES string of the molecule is CCCNc1nccc(N(CC)CCO)n1. The van der Waals surface area contributed by atoms with E-state index in [1.54, 1.807) is 6.20 Å². The first-order valence-electron chi connectivity index (χ1n) is 5.74. The number of rotatable bonds is 7. The fourth-order valence-electron chi connectivity index (χ4n) is 1.40. The Labute approximate surface area is 96.5 Å². The van der Waals surface area contributed by atoms with Crippen molar-refractivity contribution in [2.75, 3.05) is 36.5 Å². The van der Waals surface area contributed by atoms with Crippen molar-refractivity contribution >= 4 is 11.8 Å². The summed E-state index contributed by atoms with van der Waals surface area (Å²) in [5, 5.41) is 12.1. The molecule has 16 heavy (non-hydrogen) atoms. The molecular formula is C11H20N4O. The second kappa shape index (κ2) is 7.00. The molecule has 0 aliphatic heterocycles. The number of aliphatic hydroxyl groups excluding tert-OH is 1. The van der Waals surface area contributed by atoms with Gasteiger partial charge in [0.25, 0.3) is 0 Å². The normalized spacial score (nSPS) is 10.2. The van der Waals surface area contributed by atoms with Gasteiger partial charge in [0.05, 0.1) is 6.61 Å². The minimum absolute atomic E-state index is 0.134. The van der Waals surface area contributed by atoms with Gasteiger partial charge >= 0.3 is 0 Å². The fraction of sp³-hybridized carbons (Fsp3) is 0.636. The summed E-state index contributed by atoms with van der Waals surface area (Å²) in [6.45, 7) is 6.56. The van der Waals surface area contributed by atoms with Gasteiger partial charge in [0, 0.05) is 25.8 Å². The minimum atomic E-state index is 0.134. The Morgan fingerprint density at radius 2 is 2.25 bits per heavy atom. The maximum Gasteiger partial charge on any atom is 0.224 e. The van der Waals surface area contributed by atoms with Crippen LogP contribution >= 0.6 is 0 Å². The predicted octanol–water partition coefficient (Wildman–Crippen LogP) is 1.12. The van der Waals surface area contributed by atoms with Crippen LogP contribution in [0.3, 0.4) is 0 Å². The van der Waals surface area contributed by atoms with E-state index in [1.807, 2.05) is 17.9 Å². The largest absolute Gasteiger partial charge is 0.395 e. The van der Waals surface area contributed by atoms with Crippen LogP contribution in [0.5, 0.6) is 0 Å². The van der Waals surface area contributed by atoms with Crippen LogP contribution in [0, 0.1) is 0 Å². The zero-order valence-electron chi connectivity index (χ0n) is 9.98. The second-order valence-corrected chi connectivity index (χ2v) is 3.47. The van der Waals surface area contributed by atoms with E-state index in [2.05, 4.69) is 22.2 Å². The van der Waals surface area contributed by atoms with Crippen molar-refractivity contribution < 1.29 is 5.11 Å². The smallest absolute Gasteiger partial charge is 0.224 e. The maximum absolute atomic E-state index is 8.94. The van der Waals surface area contributed by atoms with E-state index in [0.29, 0.717) is 12.5 Å². The van der Waals surface area contributed by atoms with Gasteiger partial charge in [-0.3, -0.25) is 0 Å². The second-order valence-electron chi connectivity index (χ2n) is 3.47. The van der Waals surface area contributed by atoms with Gasteiger partial charge in [-0.05, 0) is 19.4 Å². The van der Waals surface area contributed by atoms with Crippen LogP contribution in [0.4, 0.5) is 11.8 Å². The molecule has 90 valence electrons. The summed E-state index contributed by atoms with van der Waals surface area (Å²) < 4.78 is 0. The van der Waals surface area contributed by atoms with E-state index in [9.17, 15) is 0 Å². The molecule has 0 fully saturated rings. The molecule has 2 N–H and O–H groups in total. The molecule has 0 aromatic carbocycles. The average Bonchev–Trinajstić information content (AvgIpc) is 2.33. The molecule has 0 aliphatic rings. The zero-order chi connectivity index (χ0) is 11.8. The number of nitrogens with zero attached hydrogens (tertiary/aromatic N) is 3. The van der Waals surface area contributed by atoms with Crippen molar-refractivity contribution in [2.24, 2.45) is 0 Å². The molecule has 5 nitrogen and oxygen atoms in total. The van der Waals surface area contributed by atoms with Gasteiger partial charge in [-0.1, -0.05) is 6.92 Å². The highest BCUT2D eigenvalue weighted by Gasteiger charge is 2.05. The van der Waals surface area contributed by atoms with Crippen LogP contribution in [0.2, 0.25) is 0 Å². The maximum atomic E-state index is 8.94. The summed E-state index contributed by atoms with van der Waals surface area (Å²) in [5.74, 6) is 1.50. The molecule has 0 aliphatic carbocycles. The van der Waals surface area contributed by atoms with Gasteiger partial charge in [0.1, 0.15) is 5.82 Å². The molecule has 5 heteroatoms. The number of hydrogen-bond acceptors (Lipinski definition) is 5. The third-order valence-electron chi connectivity index (χ3n) is 2.25. The Morgan fingerprint density at radius 3 is 2.88 bits per heavy atom. The Kier molecular flexibility index (Phi) is 5.56. The summed E-state index contributed by atoms with van der Waals surface area (Å²) in [5.41, 5.74) is 0. The van der Waals surface area contributed by atoms with Crippen LogP contribution < -0.4 is 10.2 Å². The summed E-state index contributed by atoms with van der Waals surface area (Å²) in [7, 11) is 0. The van der Waals surface area contributed by atoms with Crippen molar-refractivity contribution in [1.29, 1.82) is 0 Å². The van der Waals surface area contributed by atoms with Gasteiger partial charge in [0.2, 0.25) is 5.95 Å². The number of hydrogen-bond donors (Lipinski definition) is 2. The lowest BCUT2D eigenvalue weighted by atomic mass is 10.4. The van der Waals surface area contributed by atoms with E-state index in [0.717, 1.165) is 25.3 Å². The lowest BCUT2D eigenvalue weighted by molar-refractivity contribution is 0.302. The number of anilines is 2. The predicted molar refractivity (Wildman–Crippen MR) is 65.8 cm³/mol. The van der Waals surface area contributed by atoms with E-state index >= 15 is 0 Å². The molecule has 0 bridgehead atoms. The first-order valence-corrected chi connectivity index (χ1v) is 5.74. The number of aromatic nitrogens is 2. The summed E-state index contributed by atoms with van der Waals surface area (Å²) in [6.07, 6.45) is 2.78. The number of nitrogens with one attached hydrogen (secondary N) is 1. The topological polar surface area (TPSA) is 61.3 Å². The summed E-state index contributed by atoms with van der Waals surface area (Å²) >= 11 is 0. The third-order valence-corrected chi connectivity index (χ3v) is 2.25. The van der Waals surface area contributed by atoms with Gasteiger partial charge < -0.3 is 15.3 Å². The van der Waals surface area contributed by atoms with Crippen molar-refractivity contribution in [3.05, 3.63) is 12.3 Å². The summed E-state index contributed by atoms with van der Waals surface area (Å²) in [6, 6.07) is 1.86. The highest BCUT2D eigenvalue weighted by atomic mass is 16.3. The monoisotopic (exact) mass is 224 g/mol. The fourth-order valence-corrected chi connectivity index (χ4v) is 1.40. The van der Waals surface area contributed by atoms with E-state index in [1.165, 1.54) is 0 Å². The van der Waals surface area contributed by atoms with Gasteiger partial charge in [-0.2, -0.15) is 4.98 Å². The Bertz CT molecular complexity index is 306. The van der Waals surface area contributed by atoms with Crippen molar-refractivity contribution in [3.8, 4) is 0 Å². The molecule has 0 unspecified atom stereocenters. The van der Waals surface area contributed by atoms with Crippen molar-refractivity contribution in [3.63, 3.8) is 0 Å². The molecule has 1 aromatic rings. The van der Waals surface area contributed by atoms with Crippen LogP contribution in [0.15, 0.2) is 12.3 Å². The van der Waals surface area contributed by atoms with Gasteiger partial charge in [-0.25, -0.2) is 4.98 Å². The molecule has 1 rings (SSSR count). The van der Waals surface area contributed by atoms with Crippen LogP contribution in [0.25, 0.3) is 0 Å². The first-order chi connectivity index (χ1) is 7.81. The van der Waals surface area contributed by atoms with Gasteiger partial charge in [0.15, 0.2) is 0 Å². The highest BCUT2D eigenvalue weighted by molar-refractivity contribution is 5.42. The Hall–Kier alpha value is -1.36. The zero-order valence-corrected chi connectivity index (χ0v) is 9.98. The molecular weight excluding hydrogens is 204 g/mol. The molecule has 1 aromatic heterocycles. The van der Waals surface area contributed by atoms with Crippen molar-refractivity contribution in [1.82, 2.24) is 9.97 Å². The van der Waals surface area contributed by atoms with Gasteiger partial charge in [-0.15, -0.1) is 0 Å². The molecule has 0 saturated carbocycles. The van der Waals surface area contributed by atoms with Crippen LogP contribution in [0.1, 0.15) is 20.3 Å². The first kappa shape index (κ1) is 12.7. The standard InChI is InChI=1S/C11H20N4O/c1-3-6-12-11-13-7-5-10(14-11)15(4-2)8-9-16/h5,7,16H,3-4,6,8-9H2,1-2H3,(H,12,13,14). The van der Waals surface area contributed by atoms with Crippen molar-refractivity contribution in [2.45, 2.75) is 20.3 Å². The van der Waals surface area contributed by atoms with E-state index in [-0.39, 0.29) is 6.61 Å². The molecule has 0 atom stereocenters. The third kappa shape index (κ3) is 3.66. The quantitative estimate of drug-likeness (QED) is 0.726. The summed E-state index contributed by atoms with van der Waals surface area (Å²) in [4.78, 5) is 10.5. The lowest BCUT2D eigenvalue weighted by Crippen LogP contribution is -2.27. The number of likely N-dealkylation sites (N-methyl/N-ethyl adjacent to an activating group) is 1. The molecule has 0 spiro atoms.